The van der Waals surface area contributed by atoms with Crippen LogP contribution in [-0.2, 0) is 16.8 Å². The first-order chi connectivity index (χ1) is 18.7. The molecule has 1 aromatic heterocycles. The van der Waals surface area contributed by atoms with Crippen LogP contribution in [0, 0.1) is 0 Å². The van der Waals surface area contributed by atoms with Gasteiger partial charge in [-0.15, -0.1) is 5.10 Å². The third kappa shape index (κ3) is 5.23. The van der Waals surface area contributed by atoms with Crippen LogP contribution < -0.4 is 20.5 Å². The van der Waals surface area contributed by atoms with Crippen molar-refractivity contribution in [2.75, 3.05) is 12.4 Å². The van der Waals surface area contributed by atoms with Gasteiger partial charge in [-0.2, -0.15) is 4.98 Å². The minimum atomic E-state index is -0.592. The fraction of sp³-hybridized carbons (Fsp3) is 0.258. The fourth-order valence-corrected chi connectivity index (χ4v) is 4.73. The smallest absolute Gasteiger partial charge is 0.248 e. The number of hydrogen-bond donors (Lipinski definition) is 2. The first-order valence-electron chi connectivity index (χ1n) is 12.9. The monoisotopic (exact) mass is 523 g/mol. The lowest BCUT2D eigenvalue weighted by atomic mass is 9.87. The van der Waals surface area contributed by atoms with Crippen LogP contribution >= 0.6 is 0 Å². The topological polar surface area (TPSA) is 104 Å². The van der Waals surface area contributed by atoms with E-state index < -0.39 is 11.9 Å². The van der Waals surface area contributed by atoms with Crippen LogP contribution in [0.4, 0.5) is 5.95 Å². The van der Waals surface area contributed by atoms with E-state index in [1.54, 1.807) is 11.8 Å². The minimum Gasteiger partial charge on any atom is -0.493 e. The highest BCUT2D eigenvalue weighted by molar-refractivity contribution is 5.95. The highest BCUT2D eigenvalue weighted by Gasteiger charge is 2.34. The Bertz CT molecular complexity index is 1530. The van der Waals surface area contributed by atoms with Crippen molar-refractivity contribution in [3.8, 4) is 22.9 Å². The number of hydrogen-bond acceptors (Lipinski definition) is 6. The number of fused-ring (bicyclic) bond motifs is 1. The number of carbonyl (C=O) groups is 1. The molecular weight excluding hydrogens is 490 g/mol. The molecule has 1 aliphatic rings. The molecule has 3 N–H and O–H groups in total. The summed E-state index contributed by atoms with van der Waals surface area (Å²) in [5, 5.41) is 8.03. The Hall–Kier alpha value is -4.59. The third-order valence-corrected chi connectivity index (χ3v) is 6.87. The standard InChI is InChI=1S/C31H33N5O3/c1-19-26(28(32)37)27(22-13-16-24(25(17-22)38-5)39-18-20-9-7-6-8-10-20)36-30(33-19)34-29(35-36)21-11-14-23(15-12-21)31(2,3)4/h6-17,27H,18H2,1-5H3,(H2,32,37)(H,33,34,35). The number of aromatic nitrogens is 3. The predicted octanol–water partition coefficient (Wildman–Crippen LogP) is 5.60. The largest absolute Gasteiger partial charge is 0.493 e. The van der Waals surface area contributed by atoms with Crippen molar-refractivity contribution in [2.24, 2.45) is 5.73 Å². The summed E-state index contributed by atoms with van der Waals surface area (Å²) in [4.78, 5) is 17.4. The molecule has 39 heavy (non-hydrogen) atoms. The zero-order valence-corrected chi connectivity index (χ0v) is 22.9. The van der Waals surface area contributed by atoms with E-state index in [1.165, 1.54) is 5.56 Å². The van der Waals surface area contributed by atoms with Crippen LogP contribution in [0.5, 0.6) is 11.5 Å². The van der Waals surface area contributed by atoms with Crippen LogP contribution in [0.3, 0.4) is 0 Å². The first kappa shape index (κ1) is 26.0. The lowest BCUT2D eigenvalue weighted by Gasteiger charge is -2.28. The number of allylic oxidation sites excluding steroid dienone is 1. The summed E-state index contributed by atoms with van der Waals surface area (Å²) in [7, 11) is 1.59. The Morgan fingerprint density at radius 1 is 1.03 bits per heavy atom. The summed E-state index contributed by atoms with van der Waals surface area (Å²) in [6.45, 7) is 8.75. The lowest BCUT2D eigenvalue weighted by Crippen LogP contribution is -2.31. The molecule has 3 aromatic carbocycles. The Balaban J connectivity index is 1.52. The van der Waals surface area contributed by atoms with Crippen molar-refractivity contribution in [3.05, 3.63) is 101 Å². The number of primary amides is 1. The number of carbonyl (C=O) groups excluding carboxylic acids is 1. The van der Waals surface area contributed by atoms with Crippen LogP contribution in [0.2, 0.25) is 0 Å². The highest BCUT2D eigenvalue weighted by Crippen LogP contribution is 2.39. The fourth-order valence-electron chi connectivity index (χ4n) is 4.73. The Morgan fingerprint density at radius 3 is 2.38 bits per heavy atom. The Morgan fingerprint density at radius 2 is 1.74 bits per heavy atom. The molecule has 1 atom stereocenters. The third-order valence-electron chi connectivity index (χ3n) is 6.87. The molecule has 2 heterocycles. The van der Waals surface area contributed by atoms with Crippen LogP contribution in [0.15, 0.2) is 84.1 Å². The van der Waals surface area contributed by atoms with Crippen LogP contribution in [0.1, 0.15) is 50.4 Å². The van der Waals surface area contributed by atoms with Crippen molar-refractivity contribution in [1.29, 1.82) is 0 Å². The summed E-state index contributed by atoms with van der Waals surface area (Å²) in [5.74, 6) is 1.68. The average molecular weight is 524 g/mol. The number of benzene rings is 3. The quantitative estimate of drug-likeness (QED) is 0.327. The number of nitrogens with zero attached hydrogens (tertiary/aromatic N) is 3. The molecule has 0 radical (unpaired) electrons. The van der Waals surface area contributed by atoms with Gasteiger partial charge in [-0.25, -0.2) is 4.68 Å². The van der Waals surface area contributed by atoms with E-state index in [2.05, 4.69) is 38.2 Å². The van der Waals surface area contributed by atoms with Gasteiger partial charge in [0.05, 0.1) is 12.7 Å². The van der Waals surface area contributed by atoms with Gasteiger partial charge in [0.25, 0.3) is 0 Å². The molecule has 8 heteroatoms. The SMILES string of the molecule is COc1cc(C2C(C(N)=O)=C(C)Nc3nc(-c4ccc(C(C)(C)C)cc4)nn32)ccc1OCc1ccccc1. The number of ether oxygens (including phenoxy) is 2. The van der Waals surface area contributed by atoms with E-state index in [-0.39, 0.29) is 5.41 Å². The number of anilines is 1. The van der Waals surface area contributed by atoms with Crippen LogP contribution in [-0.4, -0.2) is 27.8 Å². The zero-order valence-electron chi connectivity index (χ0n) is 22.9. The number of nitrogens with two attached hydrogens (primary N) is 1. The van der Waals surface area contributed by atoms with Crippen molar-refractivity contribution in [3.63, 3.8) is 0 Å². The summed E-state index contributed by atoms with van der Waals surface area (Å²) >= 11 is 0. The van der Waals surface area contributed by atoms with Crippen molar-refractivity contribution < 1.29 is 14.3 Å². The van der Waals surface area contributed by atoms with Gasteiger partial charge in [0, 0.05) is 11.3 Å². The number of rotatable bonds is 7. The normalized spacial score (nSPS) is 14.9. The molecule has 200 valence electrons. The van der Waals surface area contributed by atoms with Gasteiger partial charge in [0.2, 0.25) is 11.9 Å². The molecule has 1 unspecified atom stereocenters. The Labute approximate surface area is 228 Å². The average Bonchev–Trinajstić information content (AvgIpc) is 3.34. The van der Waals surface area contributed by atoms with Crippen molar-refractivity contribution >= 4 is 11.9 Å². The van der Waals surface area contributed by atoms with E-state index in [1.807, 2.05) is 67.6 Å². The molecular formula is C31H33N5O3. The predicted molar refractivity (Wildman–Crippen MR) is 152 cm³/mol. The molecule has 0 spiro atoms. The van der Waals surface area contributed by atoms with Crippen molar-refractivity contribution in [1.82, 2.24) is 14.8 Å². The van der Waals surface area contributed by atoms with Gasteiger partial charge in [-0.3, -0.25) is 4.79 Å². The Kier molecular flexibility index (Phi) is 6.87. The summed E-state index contributed by atoms with van der Waals surface area (Å²) < 4.78 is 13.4. The number of methoxy groups -OCH3 is 1. The second kappa shape index (κ2) is 10.3. The second-order valence-electron chi connectivity index (χ2n) is 10.6. The maximum atomic E-state index is 12.7. The van der Waals surface area contributed by atoms with Gasteiger partial charge in [0.15, 0.2) is 17.3 Å². The lowest BCUT2D eigenvalue weighted by molar-refractivity contribution is -0.115. The number of nitrogens with one attached hydrogen (secondary N) is 1. The highest BCUT2D eigenvalue weighted by atomic mass is 16.5. The molecule has 0 saturated carbocycles. The van der Waals surface area contributed by atoms with E-state index >= 15 is 0 Å². The van der Waals surface area contributed by atoms with Crippen LogP contribution in [0.25, 0.3) is 11.4 Å². The molecule has 5 rings (SSSR count). The molecule has 0 aliphatic carbocycles. The van der Waals surface area contributed by atoms with Gasteiger partial charge in [-0.05, 0) is 41.2 Å². The molecule has 1 aliphatic heterocycles. The van der Waals surface area contributed by atoms with Gasteiger partial charge in [-0.1, -0.05) is 81.4 Å². The maximum Gasteiger partial charge on any atom is 0.248 e. The van der Waals surface area contributed by atoms with Gasteiger partial charge in [0.1, 0.15) is 12.6 Å². The van der Waals surface area contributed by atoms with Gasteiger partial charge < -0.3 is 20.5 Å². The van der Waals surface area contributed by atoms with E-state index in [4.69, 9.17) is 25.3 Å². The zero-order chi connectivity index (χ0) is 27.7. The van der Waals surface area contributed by atoms with Crippen molar-refractivity contribution in [2.45, 2.75) is 45.8 Å². The summed E-state index contributed by atoms with van der Waals surface area (Å²) in [6, 6.07) is 23.2. The molecule has 0 fully saturated rings. The second-order valence-corrected chi connectivity index (χ2v) is 10.6. The summed E-state index contributed by atoms with van der Waals surface area (Å²) in [5.41, 5.74) is 10.9. The minimum absolute atomic E-state index is 0.0412. The summed E-state index contributed by atoms with van der Waals surface area (Å²) in [6.07, 6.45) is 0. The van der Waals surface area contributed by atoms with Gasteiger partial charge >= 0.3 is 0 Å². The molecule has 4 aromatic rings. The van der Waals surface area contributed by atoms with E-state index in [0.29, 0.717) is 41.1 Å². The van der Waals surface area contributed by atoms with E-state index in [0.717, 1.165) is 16.7 Å². The molecule has 1 amide bonds. The van der Waals surface area contributed by atoms with E-state index in [9.17, 15) is 4.79 Å². The molecule has 8 nitrogen and oxygen atoms in total. The maximum absolute atomic E-state index is 12.7. The first-order valence-corrected chi connectivity index (χ1v) is 12.9. The molecule has 0 bridgehead atoms. The molecule has 0 saturated heterocycles. The number of amides is 1.